The Bertz CT molecular complexity index is 1030. The van der Waals surface area contributed by atoms with Crippen LogP contribution in [0.3, 0.4) is 0 Å². The second-order valence-electron chi connectivity index (χ2n) is 6.84. The number of H-pyrrole nitrogens is 1. The number of nitrogens with two attached hydrogens (primary N) is 1. The topological polar surface area (TPSA) is 171 Å². The molecule has 0 unspecified atom stereocenters. The number of ether oxygens (including phenoxy) is 1. The molecule has 1 aromatic carbocycles. The molecule has 0 spiro atoms. The number of hydrogen-bond donors (Lipinski definition) is 6. The summed E-state index contributed by atoms with van der Waals surface area (Å²) in [4.78, 5) is 27.6. The average Bonchev–Trinajstić information content (AvgIpc) is 3.19. The van der Waals surface area contributed by atoms with Gasteiger partial charge in [-0.3, -0.25) is 4.79 Å². The lowest BCUT2D eigenvalue weighted by Crippen LogP contribution is -2.64. The van der Waals surface area contributed by atoms with E-state index in [0.29, 0.717) is 28.2 Å². The number of aliphatic hydroxyl groups is 2. The molecule has 1 aliphatic heterocycles. The number of rotatable bonds is 4. The normalized spacial score (nSPS) is 26.9. The van der Waals surface area contributed by atoms with Gasteiger partial charge in [-0.05, 0) is 25.1 Å². The molecule has 3 aromatic rings. The maximum Gasteiger partial charge on any atom is 0.251 e. The Balaban J connectivity index is 1.48. The van der Waals surface area contributed by atoms with Gasteiger partial charge in [0.1, 0.15) is 24.1 Å². The Morgan fingerprint density at radius 2 is 2.07 bits per heavy atom. The van der Waals surface area contributed by atoms with Gasteiger partial charge in [0.25, 0.3) is 5.91 Å². The lowest BCUT2D eigenvalue weighted by Gasteiger charge is -2.42. The molecule has 0 radical (unpaired) electrons. The van der Waals surface area contributed by atoms with Gasteiger partial charge in [0.2, 0.25) is 0 Å². The fraction of sp³-hybridized carbons (Fsp3) is 0.333. The maximum atomic E-state index is 12.5. The number of nitrogen functional groups attached to an aromatic ring is 1. The molecule has 2 aromatic heterocycles. The fourth-order valence-electron chi connectivity index (χ4n) is 3.31. The molecule has 29 heavy (non-hydrogen) atoms. The molecule has 3 heterocycles. The molecule has 11 nitrogen and oxygen atoms in total. The van der Waals surface area contributed by atoms with E-state index in [-0.39, 0.29) is 0 Å². The molecule has 4 rings (SSSR count). The number of nitrogens with zero attached hydrogens (tertiary/aromatic N) is 3. The molecule has 5 atom stereocenters. The molecule has 0 saturated carbocycles. The summed E-state index contributed by atoms with van der Waals surface area (Å²) in [6.07, 6.45) is -1.36. The number of nitrogens with one attached hydrogen (secondary N) is 3. The van der Waals surface area contributed by atoms with Crippen LogP contribution in [0.25, 0.3) is 11.2 Å². The number of aromatic amines is 1. The summed E-state index contributed by atoms with van der Waals surface area (Å²) >= 11 is 0. The van der Waals surface area contributed by atoms with E-state index in [1.165, 1.54) is 18.7 Å². The zero-order valence-electron chi connectivity index (χ0n) is 15.5. The third-order valence-corrected chi connectivity index (χ3v) is 4.84. The van der Waals surface area contributed by atoms with Gasteiger partial charge in [-0.25, -0.2) is 15.0 Å². The zero-order valence-corrected chi connectivity index (χ0v) is 15.5. The van der Waals surface area contributed by atoms with Crippen molar-refractivity contribution in [3.05, 3.63) is 42.5 Å². The number of aliphatic hydroxyl groups excluding tert-OH is 2. The third-order valence-electron chi connectivity index (χ3n) is 4.84. The number of anilines is 2. The van der Waals surface area contributed by atoms with E-state index in [9.17, 15) is 15.0 Å². The lowest BCUT2D eigenvalue weighted by atomic mass is 9.95. The summed E-state index contributed by atoms with van der Waals surface area (Å²) in [5, 5.41) is 26.8. The number of imidazole rings is 1. The van der Waals surface area contributed by atoms with Crippen molar-refractivity contribution in [2.24, 2.45) is 0 Å². The van der Waals surface area contributed by atoms with Crippen molar-refractivity contribution >= 4 is 28.6 Å². The summed E-state index contributed by atoms with van der Waals surface area (Å²) in [6, 6.07) is 5.64. The molecule has 11 heteroatoms. The smallest absolute Gasteiger partial charge is 0.251 e. The van der Waals surface area contributed by atoms with Crippen LogP contribution in [0.1, 0.15) is 17.3 Å². The first-order valence-corrected chi connectivity index (χ1v) is 9.02. The third kappa shape index (κ3) is 3.70. The molecule has 1 fully saturated rings. The Hall–Kier alpha value is -3.28. The van der Waals surface area contributed by atoms with Gasteiger partial charge < -0.3 is 36.3 Å². The van der Waals surface area contributed by atoms with Crippen molar-refractivity contribution in [2.45, 2.75) is 37.5 Å². The molecule has 152 valence electrons. The molecule has 1 amide bonds. The highest BCUT2D eigenvalue weighted by molar-refractivity contribution is 5.95. The van der Waals surface area contributed by atoms with Crippen LogP contribution in [0, 0.1) is 0 Å². The Labute approximate surface area is 165 Å². The molecular formula is C18H21N7O4. The first kappa shape index (κ1) is 19.1. The molecule has 1 aliphatic rings. The number of benzene rings is 1. The van der Waals surface area contributed by atoms with Crippen LogP contribution >= 0.6 is 0 Å². The van der Waals surface area contributed by atoms with Gasteiger partial charge in [0, 0.05) is 11.3 Å². The first-order valence-electron chi connectivity index (χ1n) is 9.02. The maximum absolute atomic E-state index is 12.5. The molecular weight excluding hydrogens is 378 g/mol. The highest BCUT2D eigenvalue weighted by Crippen LogP contribution is 2.24. The fourth-order valence-corrected chi connectivity index (χ4v) is 3.31. The monoisotopic (exact) mass is 399 g/mol. The van der Waals surface area contributed by atoms with Gasteiger partial charge in [-0.1, -0.05) is 6.07 Å². The van der Waals surface area contributed by atoms with Crippen LogP contribution in [0.15, 0.2) is 36.9 Å². The van der Waals surface area contributed by atoms with Crippen molar-refractivity contribution in [1.82, 2.24) is 25.3 Å². The predicted octanol–water partition coefficient (Wildman–Crippen LogP) is -0.388. The van der Waals surface area contributed by atoms with E-state index in [1.54, 1.807) is 25.1 Å². The standard InChI is InChI=1S/C18H21N7O4/c1-8-11(24-17(28)9-3-2-4-10(19)5-9)13(26)14(27)18(29-8)25-16-12-15(21-6-20-12)22-7-23-16/h2-8,11,13-14,18,26-27H,19H2,1H3,(H,24,28)(H2,20,21,22,23,25)/t8-,11-,13+,14-,18-/m0/s1. The largest absolute Gasteiger partial charge is 0.399 e. The van der Waals surface area contributed by atoms with Crippen LogP contribution in [0.5, 0.6) is 0 Å². The number of amides is 1. The Morgan fingerprint density at radius 3 is 2.86 bits per heavy atom. The van der Waals surface area contributed by atoms with Gasteiger partial charge in [0.05, 0.1) is 18.5 Å². The molecule has 0 aliphatic carbocycles. The van der Waals surface area contributed by atoms with Crippen molar-refractivity contribution in [2.75, 3.05) is 11.1 Å². The quantitative estimate of drug-likeness (QED) is 0.320. The van der Waals surface area contributed by atoms with E-state index < -0.39 is 36.5 Å². The SMILES string of the molecule is C[C@@H]1O[C@H](Nc2ncnc3nc[nH]c23)[C@@H](O)[C@H](O)[C@H]1NC(=O)c1cccc(N)c1. The second-order valence-corrected chi connectivity index (χ2v) is 6.84. The Morgan fingerprint density at radius 1 is 1.24 bits per heavy atom. The number of carbonyl (C=O) groups excluding carboxylic acids is 1. The van der Waals surface area contributed by atoms with Crippen LogP contribution < -0.4 is 16.4 Å². The highest BCUT2D eigenvalue weighted by atomic mass is 16.5. The van der Waals surface area contributed by atoms with Crippen LogP contribution in [0.2, 0.25) is 0 Å². The van der Waals surface area contributed by atoms with Crippen molar-refractivity contribution in [3.8, 4) is 0 Å². The number of hydrogen-bond acceptors (Lipinski definition) is 9. The minimum Gasteiger partial charge on any atom is -0.399 e. The van der Waals surface area contributed by atoms with Gasteiger partial charge in [0.15, 0.2) is 17.7 Å². The minimum absolute atomic E-state index is 0.349. The predicted molar refractivity (Wildman–Crippen MR) is 104 cm³/mol. The summed E-state index contributed by atoms with van der Waals surface area (Å²) in [6.45, 7) is 1.69. The summed E-state index contributed by atoms with van der Waals surface area (Å²) in [5.41, 5.74) is 7.50. The molecule has 0 bridgehead atoms. The lowest BCUT2D eigenvalue weighted by molar-refractivity contribution is -0.167. The van der Waals surface area contributed by atoms with Crippen molar-refractivity contribution in [1.29, 1.82) is 0 Å². The van der Waals surface area contributed by atoms with E-state index in [4.69, 9.17) is 10.5 Å². The van der Waals surface area contributed by atoms with E-state index in [2.05, 4.69) is 30.6 Å². The molecule has 1 saturated heterocycles. The summed E-state index contributed by atoms with van der Waals surface area (Å²) in [5.74, 6) is -0.0522. The molecule has 7 N–H and O–H groups in total. The number of fused-ring (bicyclic) bond motifs is 1. The minimum atomic E-state index is -1.33. The number of carbonyl (C=O) groups is 1. The summed E-state index contributed by atoms with van der Waals surface area (Å²) < 4.78 is 5.82. The van der Waals surface area contributed by atoms with Crippen LogP contribution in [-0.4, -0.2) is 66.6 Å². The van der Waals surface area contributed by atoms with E-state index >= 15 is 0 Å². The highest BCUT2D eigenvalue weighted by Gasteiger charge is 2.43. The summed E-state index contributed by atoms with van der Waals surface area (Å²) in [7, 11) is 0. The van der Waals surface area contributed by atoms with E-state index in [0.717, 1.165) is 0 Å². The van der Waals surface area contributed by atoms with Crippen LogP contribution in [-0.2, 0) is 4.74 Å². The van der Waals surface area contributed by atoms with Gasteiger partial charge in [-0.2, -0.15) is 0 Å². The average molecular weight is 399 g/mol. The second kappa shape index (κ2) is 7.62. The van der Waals surface area contributed by atoms with Gasteiger partial charge >= 0.3 is 0 Å². The number of aromatic nitrogens is 4. The van der Waals surface area contributed by atoms with E-state index in [1.807, 2.05) is 0 Å². The zero-order chi connectivity index (χ0) is 20.5. The first-order chi connectivity index (χ1) is 13.9. The van der Waals surface area contributed by atoms with Crippen LogP contribution in [0.4, 0.5) is 11.5 Å². The van der Waals surface area contributed by atoms with Gasteiger partial charge in [-0.15, -0.1) is 0 Å². The Kier molecular flexibility index (Phi) is 5.01. The van der Waals surface area contributed by atoms with Crippen molar-refractivity contribution < 1.29 is 19.7 Å². The van der Waals surface area contributed by atoms with Crippen molar-refractivity contribution in [3.63, 3.8) is 0 Å².